The van der Waals surface area contributed by atoms with Crippen molar-refractivity contribution in [3.63, 3.8) is 0 Å². The zero-order valence-corrected chi connectivity index (χ0v) is 13.3. The largest absolute Gasteiger partial charge is 0.478 e. The Morgan fingerprint density at radius 3 is 2.95 bits per heavy atom. The lowest BCUT2D eigenvalue weighted by atomic mass is 10.2. The molecule has 0 bridgehead atoms. The molecule has 0 saturated heterocycles. The van der Waals surface area contributed by atoms with Gasteiger partial charge in [-0.05, 0) is 19.1 Å². The fraction of sp³-hybridized carbons (Fsp3) is 0.133. The number of carboxylic acid groups (broad SMARTS) is 1. The third kappa shape index (κ3) is 2.77. The summed E-state index contributed by atoms with van der Waals surface area (Å²) in [5, 5.41) is 11.1. The number of fused-ring (bicyclic) bond motifs is 1. The Labute approximate surface area is 134 Å². The van der Waals surface area contributed by atoms with E-state index < -0.39 is 5.97 Å². The molecule has 0 atom stereocenters. The first-order valence-electron chi connectivity index (χ1n) is 6.48. The molecule has 112 valence electrons. The number of aromatic nitrogens is 2. The third-order valence-corrected chi connectivity index (χ3v) is 5.17. The minimum absolute atomic E-state index is 0.106. The average Bonchev–Trinajstić information content (AvgIpc) is 2.87. The molecule has 1 N–H and O–H groups in total. The standard InChI is InChI=1S/C15H12N2O3S2/c1-9-7-22-15-16-10(6-13(18)17(9)15)8-21-12-5-3-2-4-11(12)14(19)20/h2-7H,8H2,1H3,(H,19,20). The Morgan fingerprint density at radius 2 is 2.18 bits per heavy atom. The highest BCUT2D eigenvalue weighted by atomic mass is 32.2. The smallest absolute Gasteiger partial charge is 0.336 e. The lowest BCUT2D eigenvalue weighted by Crippen LogP contribution is -2.14. The van der Waals surface area contributed by atoms with Crippen molar-refractivity contribution < 1.29 is 9.90 Å². The molecule has 2 heterocycles. The van der Waals surface area contributed by atoms with Gasteiger partial charge in [-0.3, -0.25) is 9.20 Å². The van der Waals surface area contributed by atoms with Crippen LogP contribution in [0.4, 0.5) is 0 Å². The molecule has 2 aromatic heterocycles. The van der Waals surface area contributed by atoms with Crippen molar-refractivity contribution in [2.45, 2.75) is 17.6 Å². The van der Waals surface area contributed by atoms with Crippen LogP contribution in [0.3, 0.4) is 0 Å². The summed E-state index contributed by atoms with van der Waals surface area (Å²) in [6.45, 7) is 1.87. The highest BCUT2D eigenvalue weighted by Crippen LogP contribution is 2.26. The van der Waals surface area contributed by atoms with Crippen molar-refractivity contribution in [2.24, 2.45) is 0 Å². The van der Waals surface area contributed by atoms with Crippen molar-refractivity contribution in [2.75, 3.05) is 0 Å². The molecule has 3 rings (SSSR count). The minimum atomic E-state index is -0.958. The number of hydrogen-bond donors (Lipinski definition) is 1. The second kappa shape index (κ2) is 5.94. The topological polar surface area (TPSA) is 71.7 Å². The highest BCUT2D eigenvalue weighted by Gasteiger charge is 2.11. The molecule has 0 fully saturated rings. The molecule has 3 aromatic rings. The highest BCUT2D eigenvalue weighted by molar-refractivity contribution is 7.98. The second-order valence-corrected chi connectivity index (χ2v) is 6.52. The summed E-state index contributed by atoms with van der Waals surface area (Å²) in [6.07, 6.45) is 0. The van der Waals surface area contributed by atoms with E-state index in [2.05, 4.69) is 4.98 Å². The molecule has 0 unspecified atom stereocenters. The number of carbonyl (C=O) groups is 1. The zero-order valence-electron chi connectivity index (χ0n) is 11.6. The summed E-state index contributed by atoms with van der Waals surface area (Å²) in [4.78, 5) is 29.1. The molecule has 0 radical (unpaired) electrons. The van der Waals surface area contributed by atoms with Gasteiger partial charge >= 0.3 is 5.97 Å². The molecule has 0 aliphatic heterocycles. The SMILES string of the molecule is Cc1csc2nc(CSc3ccccc3C(=O)O)cc(=O)n12. The number of benzene rings is 1. The van der Waals surface area contributed by atoms with Gasteiger partial charge in [-0.25, -0.2) is 9.78 Å². The summed E-state index contributed by atoms with van der Waals surface area (Å²) < 4.78 is 1.57. The molecule has 0 spiro atoms. The van der Waals surface area contributed by atoms with E-state index in [9.17, 15) is 14.7 Å². The van der Waals surface area contributed by atoms with Gasteiger partial charge < -0.3 is 5.11 Å². The first-order valence-corrected chi connectivity index (χ1v) is 8.34. The average molecular weight is 332 g/mol. The van der Waals surface area contributed by atoms with Crippen LogP contribution >= 0.6 is 23.1 Å². The zero-order chi connectivity index (χ0) is 15.7. The van der Waals surface area contributed by atoms with Crippen molar-refractivity contribution in [1.29, 1.82) is 0 Å². The Bertz CT molecular complexity index is 915. The van der Waals surface area contributed by atoms with Crippen LogP contribution in [0.5, 0.6) is 0 Å². The van der Waals surface area contributed by atoms with Gasteiger partial charge in [0, 0.05) is 27.8 Å². The monoisotopic (exact) mass is 332 g/mol. The molecule has 22 heavy (non-hydrogen) atoms. The summed E-state index contributed by atoms with van der Waals surface area (Å²) in [5.74, 6) is -0.507. The fourth-order valence-electron chi connectivity index (χ4n) is 2.10. The number of aryl methyl sites for hydroxylation is 1. The first-order chi connectivity index (χ1) is 10.6. The molecule has 0 saturated carbocycles. The van der Waals surface area contributed by atoms with Gasteiger partial charge in [0.25, 0.3) is 5.56 Å². The summed E-state index contributed by atoms with van der Waals surface area (Å²) in [6, 6.07) is 8.32. The quantitative estimate of drug-likeness (QED) is 0.744. The van der Waals surface area contributed by atoms with E-state index in [4.69, 9.17) is 0 Å². The van der Waals surface area contributed by atoms with Gasteiger partial charge in [-0.1, -0.05) is 12.1 Å². The van der Waals surface area contributed by atoms with Crippen molar-refractivity contribution >= 4 is 34.0 Å². The normalized spacial score (nSPS) is 11.0. The van der Waals surface area contributed by atoms with Crippen LogP contribution in [-0.2, 0) is 5.75 Å². The summed E-state index contributed by atoms with van der Waals surface area (Å²) in [5.41, 5.74) is 1.67. The van der Waals surface area contributed by atoms with E-state index in [1.807, 2.05) is 12.3 Å². The number of aromatic carboxylic acids is 1. The molecule has 1 aromatic carbocycles. The molecule has 0 amide bonds. The summed E-state index contributed by atoms with van der Waals surface area (Å²) >= 11 is 2.79. The van der Waals surface area contributed by atoms with Crippen LogP contribution in [0.2, 0.25) is 0 Å². The Balaban J connectivity index is 1.89. The van der Waals surface area contributed by atoms with Crippen LogP contribution in [0, 0.1) is 6.92 Å². The van der Waals surface area contributed by atoms with Gasteiger partial charge in [-0.2, -0.15) is 0 Å². The molecular formula is C15H12N2O3S2. The van der Waals surface area contributed by atoms with Gasteiger partial charge in [0.2, 0.25) is 0 Å². The molecule has 5 nitrogen and oxygen atoms in total. The van der Waals surface area contributed by atoms with E-state index in [1.165, 1.54) is 29.2 Å². The molecule has 7 heteroatoms. The number of carboxylic acids is 1. The van der Waals surface area contributed by atoms with Crippen LogP contribution in [0.15, 0.2) is 45.4 Å². The number of rotatable bonds is 4. The Hall–Kier alpha value is -2.12. The van der Waals surface area contributed by atoms with E-state index in [-0.39, 0.29) is 11.1 Å². The van der Waals surface area contributed by atoms with Crippen molar-refractivity contribution in [1.82, 2.24) is 9.38 Å². The Morgan fingerprint density at radius 1 is 1.41 bits per heavy atom. The van der Waals surface area contributed by atoms with Crippen LogP contribution in [-0.4, -0.2) is 20.5 Å². The van der Waals surface area contributed by atoms with Gasteiger partial charge in [0.1, 0.15) is 0 Å². The predicted octanol–water partition coefficient (Wildman–Crippen LogP) is 3.05. The lowest BCUT2D eigenvalue weighted by molar-refractivity contribution is 0.0693. The lowest BCUT2D eigenvalue weighted by Gasteiger charge is -2.05. The first kappa shape index (κ1) is 14.8. The van der Waals surface area contributed by atoms with E-state index in [0.29, 0.717) is 21.3 Å². The third-order valence-electron chi connectivity index (χ3n) is 3.12. The van der Waals surface area contributed by atoms with Crippen LogP contribution in [0.1, 0.15) is 21.7 Å². The van der Waals surface area contributed by atoms with E-state index in [1.54, 1.807) is 28.7 Å². The van der Waals surface area contributed by atoms with E-state index >= 15 is 0 Å². The number of thiazole rings is 1. The number of thioether (sulfide) groups is 1. The maximum atomic E-state index is 12.1. The minimum Gasteiger partial charge on any atom is -0.478 e. The van der Waals surface area contributed by atoms with Crippen LogP contribution < -0.4 is 5.56 Å². The van der Waals surface area contributed by atoms with Gasteiger partial charge in [0.05, 0.1) is 11.3 Å². The molecule has 0 aliphatic rings. The summed E-state index contributed by atoms with van der Waals surface area (Å²) in [7, 11) is 0. The maximum Gasteiger partial charge on any atom is 0.336 e. The second-order valence-electron chi connectivity index (χ2n) is 4.67. The van der Waals surface area contributed by atoms with Gasteiger partial charge in [-0.15, -0.1) is 23.1 Å². The Kier molecular flexibility index (Phi) is 4.00. The van der Waals surface area contributed by atoms with Gasteiger partial charge in [0.15, 0.2) is 4.96 Å². The fourth-order valence-corrected chi connectivity index (χ4v) is 3.92. The van der Waals surface area contributed by atoms with Crippen molar-refractivity contribution in [3.8, 4) is 0 Å². The number of nitrogens with zero attached hydrogens (tertiary/aromatic N) is 2. The van der Waals surface area contributed by atoms with Crippen molar-refractivity contribution in [3.05, 3.63) is 63.0 Å². The van der Waals surface area contributed by atoms with E-state index in [0.717, 1.165) is 5.69 Å². The maximum absolute atomic E-state index is 12.1. The van der Waals surface area contributed by atoms with Crippen LogP contribution in [0.25, 0.3) is 4.96 Å². The number of hydrogen-bond acceptors (Lipinski definition) is 5. The molecular weight excluding hydrogens is 320 g/mol. The predicted molar refractivity (Wildman–Crippen MR) is 87.0 cm³/mol. The molecule has 0 aliphatic carbocycles.